The van der Waals surface area contributed by atoms with Crippen LogP contribution in [-0.2, 0) is 0 Å². The lowest BCUT2D eigenvalue weighted by molar-refractivity contribution is -0.177. The number of rotatable bonds is 0. The lowest BCUT2D eigenvalue weighted by Gasteiger charge is -2.37. The molecule has 0 aliphatic carbocycles. The first-order valence-electron chi connectivity index (χ1n) is 4.47. The van der Waals surface area contributed by atoms with Gasteiger partial charge in [-0.1, -0.05) is 0 Å². The van der Waals surface area contributed by atoms with Gasteiger partial charge in [0.25, 0.3) is 0 Å². The van der Waals surface area contributed by atoms with Crippen molar-refractivity contribution in [2.75, 3.05) is 13.1 Å². The van der Waals surface area contributed by atoms with Gasteiger partial charge in [0.2, 0.25) is 0 Å². The Morgan fingerprint density at radius 3 is 3.00 bits per heavy atom. The van der Waals surface area contributed by atoms with Crippen molar-refractivity contribution in [3.63, 3.8) is 0 Å². The van der Waals surface area contributed by atoms with Crippen LogP contribution in [0.5, 0.6) is 0 Å². The van der Waals surface area contributed by atoms with Crippen molar-refractivity contribution in [2.24, 2.45) is 5.92 Å². The zero-order chi connectivity index (χ0) is 7.84. The van der Waals surface area contributed by atoms with Gasteiger partial charge in [0, 0.05) is 12.6 Å². The van der Waals surface area contributed by atoms with Crippen LogP contribution in [0.2, 0.25) is 0 Å². The van der Waals surface area contributed by atoms with Crippen molar-refractivity contribution in [1.29, 1.82) is 0 Å². The summed E-state index contributed by atoms with van der Waals surface area (Å²) in [7, 11) is 0. The first kappa shape index (κ1) is 7.53. The molecule has 0 aromatic heterocycles. The lowest BCUT2D eigenvalue weighted by atomic mass is 9.90. The van der Waals surface area contributed by atoms with Gasteiger partial charge in [-0.2, -0.15) is 5.06 Å². The van der Waals surface area contributed by atoms with Gasteiger partial charge in [0.05, 0.1) is 6.04 Å². The minimum atomic E-state index is 0.358. The second kappa shape index (κ2) is 2.73. The molecule has 0 aromatic carbocycles. The molecule has 3 nitrogen and oxygen atoms in total. The van der Waals surface area contributed by atoms with Crippen LogP contribution in [0.4, 0.5) is 0 Å². The Hall–Kier alpha value is -0.120. The molecule has 3 unspecified atom stereocenters. The summed E-state index contributed by atoms with van der Waals surface area (Å²) in [5.74, 6) is 0.691. The predicted octanol–water partition coefficient (Wildman–Crippen LogP) is 0.448. The summed E-state index contributed by atoms with van der Waals surface area (Å²) < 4.78 is 0. The van der Waals surface area contributed by atoms with E-state index >= 15 is 0 Å². The van der Waals surface area contributed by atoms with E-state index in [2.05, 4.69) is 12.2 Å². The van der Waals surface area contributed by atoms with E-state index in [1.807, 2.05) is 0 Å². The topological polar surface area (TPSA) is 35.5 Å². The normalized spacial score (nSPS) is 45.8. The summed E-state index contributed by atoms with van der Waals surface area (Å²) in [6, 6.07) is 0.745. The third-order valence-electron chi connectivity index (χ3n) is 3.05. The van der Waals surface area contributed by atoms with Crippen LogP contribution in [0, 0.1) is 5.92 Å². The van der Waals surface area contributed by atoms with Crippen LogP contribution >= 0.6 is 0 Å². The molecule has 2 saturated heterocycles. The van der Waals surface area contributed by atoms with Gasteiger partial charge in [-0.05, 0) is 32.2 Å². The molecule has 2 fully saturated rings. The quantitative estimate of drug-likeness (QED) is 0.534. The number of fused-ring (bicyclic) bond motifs is 1. The molecule has 3 atom stereocenters. The average Bonchev–Trinajstić information content (AvgIpc) is 2.45. The Kier molecular flexibility index (Phi) is 1.87. The molecule has 0 saturated carbocycles. The van der Waals surface area contributed by atoms with Gasteiger partial charge in [0.15, 0.2) is 0 Å². The SMILES string of the molecule is CC1CCC2CNCC2N1O. The summed E-state index contributed by atoms with van der Waals surface area (Å²) >= 11 is 0. The minimum absolute atomic E-state index is 0.358. The number of piperidine rings is 1. The van der Waals surface area contributed by atoms with Crippen LogP contribution in [-0.4, -0.2) is 35.4 Å². The highest BCUT2D eigenvalue weighted by molar-refractivity contribution is 4.91. The van der Waals surface area contributed by atoms with E-state index in [-0.39, 0.29) is 0 Å². The fourth-order valence-electron chi connectivity index (χ4n) is 2.24. The van der Waals surface area contributed by atoms with E-state index in [0.717, 1.165) is 19.5 Å². The highest BCUT2D eigenvalue weighted by atomic mass is 16.5. The molecule has 64 valence electrons. The standard InChI is InChI=1S/C8H16N2O/c1-6-2-3-7-4-9-5-8(7)10(6)11/h6-9,11H,2-5H2,1H3. The smallest absolute Gasteiger partial charge is 0.0518 e. The maximum atomic E-state index is 9.64. The number of hydrogen-bond donors (Lipinski definition) is 2. The van der Waals surface area contributed by atoms with Crippen LogP contribution < -0.4 is 5.32 Å². The third kappa shape index (κ3) is 1.17. The molecule has 0 spiro atoms. The molecule has 2 heterocycles. The van der Waals surface area contributed by atoms with Crippen molar-refractivity contribution in [1.82, 2.24) is 10.4 Å². The van der Waals surface area contributed by atoms with E-state index in [1.54, 1.807) is 5.06 Å². The van der Waals surface area contributed by atoms with Gasteiger partial charge < -0.3 is 10.5 Å². The third-order valence-corrected chi connectivity index (χ3v) is 3.05. The van der Waals surface area contributed by atoms with Crippen LogP contribution in [0.1, 0.15) is 19.8 Å². The molecule has 2 aliphatic heterocycles. The molecule has 3 heteroatoms. The number of hydrogen-bond acceptors (Lipinski definition) is 3. The van der Waals surface area contributed by atoms with Crippen molar-refractivity contribution in [3.05, 3.63) is 0 Å². The van der Waals surface area contributed by atoms with Crippen molar-refractivity contribution < 1.29 is 5.21 Å². The zero-order valence-corrected chi connectivity index (χ0v) is 6.95. The largest absolute Gasteiger partial charge is 0.315 e. The molecule has 11 heavy (non-hydrogen) atoms. The Balaban J connectivity index is 2.06. The predicted molar refractivity (Wildman–Crippen MR) is 42.5 cm³/mol. The molecule has 0 bridgehead atoms. The first-order valence-corrected chi connectivity index (χ1v) is 4.47. The molecule has 0 amide bonds. The van der Waals surface area contributed by atoms with E-state index in [9.17, 15) is 5.21 Å². The van der Waals surface area contributed by atoms with E-state index in [1.165, 1.54) is 6.42 Å². The van der Waals surface area contributed by atoms with E-state index in [4.69, 9.17) is 0 Å². The molecular formula is C8H16N2O. The summed E-state index contributed by atoms with van der Waals surface area (Å²) in [6.45, 7) is 4.15. The maximum Gasteiger partial charge on any atom is 0.0518 e. The van der Waals surface area contributed by atoms with Crippen LogP contribution in [0.25, 0.3) is 0 Å². The molecule has 0 radical (unpaired) electrons. The summed E-state index contributed by atoms with van der Waals surface area (Å²) in [6.07, 6.45) is 2.41. The highest BCUT2D eigenvalue weighted by Crippen LogP contribution is 2.28. The maximum absolute atomic E-state index is 9.64. The molecule has 2 rings (SSSR count). The van der Waals surface area contributed by atoms with Crippen LogP contribution in [0.3, 0.4) is 0 Å². The van der Waals surface area contributed by atoms with Crippen molar-refractivity contribution in [2.45, 2.75) is 31.8 Å². The van der Waals surface area contributed by atoms with Gasteiger partial charge in [-0.25, -0.2) is 0 Å². The summed E-state index contributed by atoms with van der Waals surface area (Å²) in [5.41, 5.74) is 0. The number of nitrogens with zero attached hydrogens (tertiary/aromatic N) is 1. The average molecular weight is 156 g/mol. The second-order valence-electron chi connectivity index (χ2n) is 3.79. The Morgan fingerprint density at radius 2 is 2.18 bits per heavy atom. The fraction of sp³-hybridized carbons (Fsp3) is 1.00. The fourth-order valence-corrected chi connectivity index (χ4v) is 2.24. The highest BCUT2D eigenvalue weighted by Gasteiger charge is 2.37. The summed E-state index contributed by atoms with van der Waals surface area (Å²) in [4.78, 5) is 0. The van der Waals surface area contributed by atoms with E-state index < -0.39 is 0 Å². The van der Waals surface area contributed by atoms with Gasteiger partial charge in [-0.15, -0.1) is 0 Å². The zero-order valence-electron chi connectivity index (χ0n) is 6.95. The Labute approximate surface area is 67.3 Å². The van der Waals surface area contributed by atoms with Gasteiger partial charge in [0.1, 0.15) is 0 Å². The Morgan fingerprint density at radius 1 is 1.36 bits per heavy atom. The Bertz CT molecular complexity index is 151. The molecular weight excluding hydrogens is 140 g/mol. The van der Waals surface area contributed by atoms with Crippen molar-refractivity contribution in [3.8, 4) is 0 Å². The number of hydroxylamine groups is 2. The van der Waals surface area contributed by atoms with Gasteiger partial charge in [-0.3, -0.25) is 0 Å². The van der Waals surface area contributed by atoms with Crippen LogP contribution in [0.15, 0.2) is 0 Å². The summed E-state index contributed by atoms with van der Waals surface area (Å²) in [5, 5.41) is 14.5. The number of nitrogens with one attached hydrogen (secondary N) is 1. The van der Waals surface area contributed by atoms with E-state index in [0.29, 0.717) is 18.0 Å². The second-order valence-corrected chi connectivity index (χ2v) is 3.79. The monoisotopic (exact) mass is 156 g/mol. The van der Waals surface area contributed by atoms with Gasteiger partial charge >= 0.3 is 0 Å². The molecule has 2 aliphatic rings. The molecule has 2 N–H and O–H groups in total. The minimum Gasteiger partial charge on any atom is -0.315 e. The van der Waals surface area contributed by atoms with Crippen molar-refractivity contribution >= 4 is 0 Å². The first-order chi connectivity index (χ1) is 5.29. The molecule has 0 aromatic rings. The lowest BCUT2D eigenvalue weighted by Crippen LogP contribution is -2.47.